The van der Waals surface area contributed by atoms with E-state index in [9.17, 15) is 9.90 Å². The number of carbonyl (C=O) groups excluding carboxylic acids is 1. The van der Waals surface area contributed by atoms with Crippen LogP contribution in [0.25, 0.3) is 11.3 Å². The Bertz CT molecular complexity index is 1020. The second-order valence-corrected chi connectivity index (χ2v) is 7.19. The Balaban J connectivity index is 1.89. The van der Waals surface area contributed by atoms with Crippen molar-refractivity contribution in [1.29, 1.82) is 0 Å². The number of carbonyl (C=O) groups is 1. The highest BCUT2D eigenvalue weighted by Gasteiger charge is 2.42. The molecule has 6 nitrogen and oxygen atoms in total. The van der Waals surface area contributed by atoms with E-state index < -0.39 is 0 Å². The molecule has 1 aliphatic rings. The average Bonchev–Trinajstić information content (AvgIpc) is 3.22. The van der Waals surface area contributed by atoms with E-state index in [1.54, 1.807) is 18.1 Å². The molecule has 0 bridgehead atoms. The maximum absolute atomic E-state index is 13.1. The lowest BCUT2D eigenvalue weighted by Gasteiger charge is -2.26. The van der Waals surface area contributed by atoms with E-state index in [-0.39, 0.29) is 17.7 Å². The Morgan fingerprint density at radius 2 is 1.86 bits per heavy atom. The molecule has 1 aromatic heterocycles. The number of H-pyrrole nitrogens is 1. The molecule has 2 aromatic carbocycles. The average molecular weight is 377 g/mol. The van der Waals surface area contributed by atoms with E-state index >= 15 is 0 Å². The number of phenolic OH excluding ortho intramolecular Hbond substituents is 1. The topological polar surface area (TPSA) is 78.5 Å². The Labute approximate surface area is 163 Å². The van der Waals surface area contributed by atoms with Crippen molar-refractivity contribution in [2.45, 2.75) is 19.9 Å². The summed E-state index contributed by atoms with van der Waals surface area (Å²) in [4.78, 5) is 14.9. The maximum atomic E-state index is 13.1. The van der Waals surface area contributed by atoms with Crippen molar-refractivity contribution < 1.29 is 14.6 Å². The number of aromatic amines is 1. The SMILES string of the molecule is COCCN1C(=O)c2[nH]nc(-c3cc(C)ccc3O)c2[C@H]1c1ccc(C)cc1. The highest BCUT2D eigenvalue weighted by atomic mass is 16.5. The molecule has 6 heteroatoms. The van der Waals surface area contributed by atoms with Gasteiger partial charge in [0.2, 0.25) is 0 Å². The maximum Gasteiger partial charge on any atom is 0.273 e. The summed E-state index contributed by atoms with van der Waals surface area (Å²) in [5.74, 6) is 0.0360. The number of amides is 1. The van der Waals surface area contributed by atoms with Crippen LogP contribution in [0.15, 0.2) is 42.5 Å². The molecule has 4 rings (SSSR count). The van der Waals surface area contributed by atoms with E-state index in [0.29, 0.717) is 30.1 Å². The largest absolute Gasteiger partial charge is 0.507 e. The lowest BCUT2D eigenvalue weighted by molar-refractivity contribution is 0.0677. The Morgan fingerprint density at radius 1 is 1.14 bits per heavy atom. The molecule has 2 N–H and O–H groups in total. The lowest BCUT2D eigenvalue weighted by atomic mass is 9.94. The van der Waals surface area contributed by atoms with Gasteiger partial charge in [0.05, 0.1) is 12.6 Å². The van der Waals surface area contributed by atoms with Gasteiger partial charge in [0.15, 0.2) is 0 Å². The van der Waals surface area contributed by atoms with Crippen molar-refractivity contribution in [3.63, 3.8) is 0 Å². The number of nitrogens with zero attached hydrogens (tertiary/aromatic N) is 2. The van der Waals surface area contributed by atoms with Gasteiger partial charge in [-0.05, 0) is 31.5 Å². The van der Waals surface area contributed by atoms with Crippen molar-refractivity contribution in [1.82, 2.24) is 15.1 Å². The minimum Gasteiger partial charge on any atom is -0.507 e. The number of hydrogen-bond acceptors (Lipinski definition) is 4. The van der Waals surface area contributed by atoms with Crippen molar-refractivity contribution in [3.8, 4) is 17.0 Å². The van der Waals surface area contributed by atoms with Crippen LogP contribution in [0.3, 0.4) is 0 Å². The highest BCUT2D eigenvalue weighted by Crippen LogP contribution is 2.44. The fraction of sp³-hybridized carbons (Fsp3) is 0.273. The molecule has 1 aliphatic heterocycles. The van der Waals surface area contributed by atoms with E-state index in [2.05, 4.69) is 10.2 Å². The van der Waals surface area contributed by atoms with Crippen LogP contribution in [0, 0.1) is 13.8 Å². The van der Waals surface area contributed by atoms with Crippen LogP contribution in [-0.2, 0) is 4.74 Å². The Kier molecular flexibility index (Phi) is 4.65. The van der Waals surface area contributed by atoms with Crippen LogP contribution < -0.4 is 0 Å². The monoisotopic (exact) mass is 377 g/mol. The van der Waals surface area contributed by atoms with Crippen LogP contribution in [0.2, 0.25) is 0 Å². The van der Waals surface area contributed by atoms with Crippen molar-refractivity contribution in [3.05, 3.63) is 70.4 Å². The van der Waals surface area contributed by atoms with Crippen LogP contribution in [0.5, 0.6) is 5.75 Å². The third-order valence-corrected chi connectivity index (χ3v) is 5.20. The van der Waals surface area contributed by atoms with Crippen molar-refractivity contribution in [2.75, 3.05) is 20.3 Å². The molecular weight excluding hydrogens is 354 g/mol. The highest BCUT2D eigenvalue weighted by molar-refractivity contribution is 6.00. The first-order valence-corrected chi connectivity index (χ1v) is 9.26. The van der Waals surface area contributed by atoms with E-state index in [4.69, 9.17) is 4.74 Å². The molecule has 2 heterocycles. The van der Waals surface area contributed by atoms with Crippen molar-refractivity contribution in [2.24, 2.45) is 0 Å². The zero-order valence-electron chi connectivity index (χ0n) is 16.2. The zero-order valence-corrected chi connectivity index (χ0v) is 16.2. The van der Waals surface area contributed by atoms with Gasteiger partial charge in [0.1, 0.15) is 17.1 Å². The van der Waals surface area contributed by atoms with Gasteiger partial charge in [-0.3, -0.25) is 9.89 Å². The van der Waals surface area contributed by atoms with Gasteiger partial charge in [-0.15, -0.1) is 0 Å². The van der Waals surface area contributed by atoms with E-state index in [1.165, 1.54) is 0 Å². The number of hydrogen-bond donors (Lipinski definition) is 2. The van der Waals surface area contributed by atoms with Gasteiger partial charge in [-0.1, -0.05) is 41.5 Å². The fourth-order valence-electron chi connectivity index (χ4n) is 3.76. The Morgan fingerprint density at radius 3 is 2.57 bits per heavy atom. The third-order valence-electron chi connectivity index (χ3n) is 5.20. The summed E-state index contributed by atoms with van der Waals surface area (Å²) in [6.07, 6.45) is 0. The smallest absolute Gasteiger partial charge is 0.273 e. The lowest BCUT2D eigenvalue weighted by Crippen LogP contribution is -2.32. The normalized spacial score (nSPS) is 15.9. The number of nitrogens with one attached hydrogen (secondary N) is 1. The predicted octanol–water partition coefficient (Wildman–Crippen LogP) is 3.59. The number of aromatic nitrogens is 2. The standard InChI is InChI=1S/C22H23N3O3/c1-13-4-7-15(8-5-13)21-18-19(16-12-14(2)6-9-17(16)26)23-24-20(18)22(27)25(21)10-11-28-3/h4-9,12,21,26H,10-11H2,1-3H3,(H,23,24)/t21-/m1/s1. The molecule has 0 saturated heterocycles. The first-order chi connectivity index (χ1) is 13.5. The van der Waals surface area contributed by atoms with Crippen molar-refractivity contribution >= 4 is 5.91 Å². The minimum absolute atomic E-state index is 0.108. The van der Waals surface area contributed by atoms with E-state index in [0.717, 1.165) is 22.3 Å². The summed E-state index contributed by atoms with van der Waals surface area (Å²) in [6, 6.07) is 13.3. The zero-order chi connectivity index (χ0) is 19.8. The molecule has 0 saturated carbocycles. The molecule has 0 unspecified atom stereocenters. The van der Waals surface area contributed by atoms with Gasteiger partial charge in [0.25, 0.3) is 5.91 Å². The number of ether oxygens (including phenoxy) is 1. The number of rotatable bonds is 5. The summed E-state index contributed by atoms with van der Waals surface area (Å²) in [7, 11) is 1.62. The summed E-state index contributed by atoms with van der Waals surface area (Å²) in [5.41, 5.74) is 5.66. The number of aromatic hydroxyl groups is 1. The summed E-state index contributed by atoms with van der Waals surface area (Å²) in [6.45, 7) is 4.90. The first kappa shape index (κ1) is 18.3. The fourth-order valence-corrected chi connectivity index (χ4v) is 3.76. The van der Waals surface area contributed by atoms with Crippen LogP contribution >= 0.6 is 0 Å². The molecule has 1 atom stereocenters. The number of fused-ring (bicyclic) bond motifs is 1. The summed E-state index contributed by atoms with van der Waals surface area (Å²) < 4.78 is 5.22. The molecule has 3 aromatic rings. The molecule has 144 valence electrons. The molecule has 28 heavy (non-hydrogen) atoms. The second kappa shape index (κ2) is 7.13. The predicted molar refractivity (Wildman–Crippen MR) is 106 cm³/mol. The van der Waals surface area contributed by atoms with Gasteiger partial charge in [-0.2, -0.15) is 5.10 Å². The number of phenols is 1. The van der Waals surface area contributed by atoms with Gasteiger partial charge >= 0.3 is 0 Å². The molecule has 0 aliphatic carbocycles. The van der Waals surface area contributed by atoms with Gasteiger partial charge < -0.3 is 14.7 Å². The molecule has 0 radical (unpaired) electrons. The molecular formula is C22H23N3O3. The van der Waals surface area contributed by atoms with E-state index in [1.807, 2.05) is 50.2 Å². The first-order valence-electron chi connectivity index (χ1n) is 9.26. The van der Waals surface area contributed by atoms with Gasteiger partial charge in [0, 0.05) is 24.8 Å². The Hall–Kier alpha value is -3.12. The van der Waals surface area contributed by atoms with Crippen LogP contribution in [0.1, 0.15) is 38.8 Å². The molecule has 1 amide bonds. The second-order valence-electron chi connectivity index (χ2n) is 7.19. The number of methoxy groups -OCH3 is 1. The van der Waals surface area contributed by atoms with Crippen LogP contribution in [-0.4, -0.2) is 46.4 Å². The third kappa shape index (κ3) is 2.96. The molecule has 0 fully saturated rings. The van der Waals surface area contributed by atoms with Gasteiger partial charge in [-0.25, -0.2) is 0 Å². The number of benzene rings is 2. The molecule has 0 spiro atoms. The summed E-state index contributed by atoms with van der Waals surface area (Å²) >= 11 is 0. The summed E-state index contributed by atoms with van der Waals surface area (Å²) in [5, 5.41) is 17.7. The minimum atomic E-state index is -0.285. The quantitative estimate of drug-likeness (QED) is 0.712. The number of aryl methyl sites for hydroxylation is 2. The van der Waals surface area contributed by atoms with Crippen LogP contribution in [0.4, 0.5) is 0 Å².